The minimum absolute atomic E-state index is 0.248. The summed E-state index contributed by atoms with van der Waals surface area (Å²) >= 11 is 0. The molecule has 0 fully saturated rings. The van der Waals surface area contributed by atoms with Gasteiger partial charge >= 0.3 is 0 Å². The fraction of sp³-hybridized carbons (Fsp3) is 0.208. The molecule has 0 radical (unpaired) electrons. The molecule has 1 amide bonds. The van der Waals surface area contributed by atoms with Gasteiger partial charge in [0.15, 0.2) is 0 Å². The van der Waals surface area contributed by atoms with E-state index >= 15 is 0 Å². The third-order valence-corrected chi connectivity index (χ3v) is 5.75. The van der Waals surface area contributed by atoms with Crippen LogP contribution in [-0.2, 0) is 23.1 Å². The molecule has 33 heavy (non-hydrogen) atoms. The Labute approximate surface area is 192 Å². The largest absolute Gasteiger partial charge is 0.346 e. The van der Waals surface area contributed by atoms with Crippen molar-refractivity contribution in [3.05, 3.63) is 89.0 Å². The summed E-state index contributed by atoms with van der Waals surface area (Å²) in [6, 6.07) is 18.7. The first-order chi connectivity index (χ1) is 15.7. The molecule has 170 valence electrons. The molecular weight excluding hydrogens is 438 g/mol. The van der Waals surface area contributed by atoms with Gasteiger partial charge < -0.3 is 9.88 Å². The third kappa shape index (κ3) is 5.38. The summed E-state index contributed by atoms with van der Waals surface area (Å²) in [7, 11) is -3.53. The normalized spacial score (nSPS) is 11.5. The maximum atomic E-state index is 13.3. The lowest BCUT2D eigenvalue weighted by molar-refractivity contribution is 0.0951. The number of carbonyl (C=O) groups is 1. The number of aryl methyl sites for hydroxylation is 2. The molecule has 0 saturated heterocycles. The topological polar surface area (TPSA) is 106 Å². The van der Waals surface area contributed by atoms with Crippen molar-refractivity contribution in [2.24, 2.45) is 0 Å². The van der Waals surface area contributed by atoms with Crippen molar-refractivity contribution in [2.45, 2.75) is 26.9 Å². The smallest absolute Gasteiger partial charge is 0.253 e. The molecule has 0 spiro atoms. The Hall–Kier alpha value is -3.72. The van der Waals surface area contributed by atoms with Crippen LogP contribution >= 0.6 is 0 Å². The summed E-state index contributed by atoms with van der Waals surface area (Å²) in [6.45, 7) is 4.53. The van der Waals surface area contributed by atoms with Crippen molar-refractivity contribution in [1.82, 2.24) is 19.9 Å². The summed E-state index contributed by atoms with van der Waals surface area (Å²) < 4.78 is 28.1. The van der Waals surface area contributed by atoms with E-state index in [1.54, 1.807) is 12.1 Å². The molecule has 4 aromatic rings. The quantitative estimate of drug-likeness (QED) is 0.437. The lowest BCUT2D eigenvalue weighted by Gasteiger charge is -2.13. The Morgan fingerprint density at radius 2 is 1.76 bits per heavy atom. The standard InChI is InChI=1S/C24H25N5O3S/c1-16-8-7-11-19(26-16)14-25-24(30)21-12-20(28-33(3,31)32)13-22-23(21)29(17(2)27-22)15-18-9-5-4-6-10-18/h4-13,28H,14-15H2,1-3H3,(H,25,30). The highest BCUT2D eigenvalue weighted by atomic mass is 32.2. The Bertz CT molecular complexity index is 1430. The van der Waals surface area contributed by atoms with E-state index in [0.717, 1.165) is 29.0 Å². The van der Waals surface area contributed by atoms with Crippen LogP contribution in [0.3, 0.4) is 0 Å². The van der Waals surface area contributed by atoms with Crippen LogP contribution in [0.4, 0.5) is 5.69 Å². The van der Waals surface area contributed by atoms with Crippen LogP contribution in [-0.4, -0.2) is 35.1 Å². The molecule has 0 unspecified atom stereocenters. The second-order valence-electron chi connectivity index (χ2n) is 7.95. The van der Waals surface area contributed by atoms with Gasteiger partial charge in [-0.15, -0.1) is 0 Å². The Balaban J connectivity index is 1.77. The summed E-state index contributed by atoms with van der Waals surface area (Å²) in [4.78, 5) is 22.3. The average Bonchev–Trinajstić information content (AvgIpc) is 3.06. The monoisotopic (exact) mass is 463 g/mol. The van der Waals surface area contributed by atoms with Gasteiger partial charge in [0, 0.05) is 12.2 Å². The SMILES string of the molecule is Cc1cccc(CNC(=O)c2cc(NS(C)(=O)=O)cc3nc(C)n(Cc4ccccc4)c23)n1. The van der Waals surface area contributed by atoms with Gasteiger partial charge in [0.05, 0.1) is 40.8 Å². The molecule has 0 aliphatic carbocycles. The highest BCUT2D eigenvalue weighted by Crippen LogP contribution is 2.27. The molecule has 2 heterocycles. The summed E-state index contributed by atoms with van der Waals surface area (Å²) in [5, 5.41) is 2.91. The van der Waals surface area contributed by atoms with Crippen molar-refractivity contribution >= 4 is 32.7 Å². The van der Waals surface area contributed by atoms with Gasteiger partial charge in [0.2, 0.25) is 10.0 Å². The molecule has 0 aliphatic rings. The molecule has 0 bridgehead atoms. The number of fused-ring (bicyclic) bond motifs is 1. The summed E-state index contributed by atoms with van der Waals surface area (Å²) in [5.74, 6) is 0.384. The Morgan fingerprint density at radius 1 is 1.00 bits per heavy atom. The van der Waals surface area contributed by atoms with Gasteiger partial charge in [-0.05, 0) is 43.7 Å². The third-order valence-electron chi connectivity index (χ3n) is 5.14. The fourth-order valence-electron chi connectivity index (χ4n) is 3.75. The zero-order chi connectivity index (χ0) is 23.6. The number of nitrogens with zero attached hydrogens (tertiary/aromatic N) is 3. The van der Waals surface area contributed by atoms with E-state index in [4.69, 9.17) is 0 Å². The number of carbonyl (C=O) groups excluding carboxylic acids is 1. The first-order valence-electron chi connectivity index (χ1n) is 10.4. The summed E-state index contributed by atoms with van der Waals surface area (Å²) in [6.07, 6.45) is 1.07. The van der Waals surface area contributed by atoms with E-state index in [-0.39, 0.29) is 18.1 Å². The zero-order valence-electron chi connectivity index (χ0n) is 18.7. The van der Waals surface area contributed by atoms with Crippen molar-refractivity contribution in [2.75, 3.05) is 11.0 Å². The van der Waals surface area contributed by atoms with Crippen LogP contribution < -0.4 is 10.0 Å². The van der Waals surface area contributed by atoms with Crippen LogP contribution in [0.15, 0.2) is 60.7 Å². The van der Waals surface area contributed by atoms with Crippen LogP contribution in [0.1, 0.15) is 33.1 Å². The van der Waals surface area contributed by atoms with Crippen molar-refractivity contribution in [1.29, 1.82) is 0 Å². The van der Waals surface area contributed by atoms with Crippen LogP contribution in [0.5, 0.6) is 0 Å². The Kier molecular flexibility index (Phi) is 6.15. The molecule has 8 nitrogen and oxygen atoms in total. The van der Waals surface area contributed by atoms with E-state index in [1.807, 2.05) is 66.9 Å². The van der Waals surface area contributed by atoms with Crippen molar-refractivity contribution in [3.8, 4) is 0 Å². The van der Waals surface area contributed by atoms with Crippen LogP contribution in [0, 0.1) is 13.8 Å². The molecule has 2 aromatic heterocycles. The predicted octanol–water partition coefficient (Wildman–Crippen LogP) is 3.40. The van der Waals surface area contributed by atoms with E-state index in [0.29, 0.717) is 23.1 Å². The molecule has 2 N–H and O–H groups in total. The second-order valence-corrected chi connectivity index (χ2v) is 9.70. The van der Waals surface area contributed by atoms with Gasteiger partial charge in [-0.2, -0.15) is 0 Å². The number of anilines is 1. The molecule has 0 atom stereocenters. The maximum absolute atomic E-state index is 13.3. The average molecular weight is 464 g/mol. The zero-order valence-corrected chi connectivity index (χ0v) is 19.5. The van der Waals surface area contributed by atoms with E-state index < -0.39 is 10.0 Å². The van der Waals surface area contributed by atoms with E-state index in [1.165, 1.54) is 0 Å². The van der Waals surface area contributed by atoms with Gasteiger partial charge in [-0.1, -0.05) is 36.4 Å². The molecular formula is C24H25N5O3S. The molecule has 2 aromatic carbocycles. The lowest BCUT2D eigenvalue weighted by atomic mass is 10.1. The van der Waals surface area contributed by atoms with Gasteiger partial charge in [-0.3, -0.25) is 14.5 Å². The minimum atomic E-state index is -3.53. The number of amides is 1. The van der Waals surface area contributed by atoms with Crippen molar-refractivity contribution < 1.29 is 13.2 Å². The lowest BCUT2D eigenvalue weighted by Crippen LogP contribution is -2.24. The van der Waals surface area contributed by atoms with Gasteiger partial charge in [0.25, 0.3) is 5.91 Å². The fourth-order valence-corrected chi connectivity index (χ4v) is 4.30. The molecule has 9 heteroatoms. The highest BCUT2D eigenvalue weighted by molar-refractivity contribution is 7.92. The number of sulfonamides is 1. The number of pyridine rings is 1. The Morgan fingerprint density at radius 3 is 2.45 bits per heavy atom. The first-order valence-corrected chi connectivity index (χ1v) is 12.3. The van der Waals surface area contributed by atoms with Crippen molar-refractivity contribution in [3.63, 3.8) is 0 Å². The number of rotatable bonds is 7. The number of benzene rings is 2. The first kappa shape index (κ1) is 22.5. The molecule has 4 rings (SSSR count). The van der Waals surface area contributed by atoms with E-state index in [9.17, 15) is 13.2 Å². The number of imidazole rings is 1. The van der Waals surface area contributed by atoms with Gasteiger partial charge in [0.1, 0.15) is 5.82 Å². The van der Waals surface area contributed by atoms with E-state index in [2.05, 4.69) is 20.0 Å². The number of nitrogens with one attached hydrogen (secondary N) is 2. The van der Waals surface area contributed by atoms with Crippen LogP contribution in [0.25, 0.3) is 11.0 Å². The predicted molar refractivity (Wildman–Crippen MR) is 129 cm³/mol. The summed E-state index contributed by atoms with van der Waals surface area (Å²) in [5.41, 5.74) is 4.46. The number of hydrogen-bond acceptors (Lipinski definition) is 5. The number of aromatic nitrogens is 3. The second kappa shape index (κ2) is 9.03. The van der Waals surface area contributed by atoms with Gasteiger partial charge in [-0.25, -0.2) is 13.4 Å². The molecule has 0 saturated carbocycles. The molecule has 0 aliphatic heterocycles. The highest BCUT2D eigenvalue weighted by Gasteiger charge is 2.20. The minimum Gasteiger partial charge on any atom is -0.346 e. The van der Waals surface area contributed by atoms with Crippen LogP contribution in [0.2, 0.25) is 0 Å². The number of hydrogen-bond donors (Lipinski definition) is 2. The maximum Gasteiger partial charge on any atom is 0.253 e.